The molecule has 0 radical (unpaired) electrons. The number of benzene rings is 2. The van der Waals surface area contributed by atoms with E-state index in [1.54, 1.807) is 6.92 Å². The van der Waals surface area contributed by atoms with Crippen LogP contribution in [0.4, 0.5) is 0 Å². The van der Waals surface area contributed by atoms with E-state index < -0.39 is 17.9 Å². The number of carbonyl (C=O) groups excluding carboxylic acids is 2. The minimum absolute atomic E-state index is 0.197. The maximum Gasteiger partial charge on any atom is 0.279 e. The fourth-order valence-corrected chi connectivity index (χ4v) is 2.43. The van der Waals surface area contributed by atoms with Crippen molar-refractivity contribution in [1.29, 1.82) is 0 Å². The van der Waals surface area contributed by atoms with Crippen LogP contribution in [0.3, 0.4) is 0 Å². The number of aryl methyl sites for hydroxylation is 1. The van der Waals surface area contributed by atoms with Crippen molar-refractivity contribution in [2.24, 2.45) is 0 Å². The molecule has 0 aliphatic rings. The topological polar surface area (TPSA) is 76.7 Å². The van der Waals surface area contributed by atoms with Gasteiger partial charge >= 0.3 is 0 Å². The van der Waals surface area contributed by atoms with Crippen molar-refractivity contribution in [2.45, 2.75) is 46.1 Å². The lowest BCUT2D eigenvalue weighted by Crippen LogP contribution is -2.48. The number of hydrogen-bond donors (Lipinski definition) is 2. The Morgan fingerprint density at radius 1 is 0.893 bits per heavy atom. The summed E-state index contributed by atoms with van der Waals surface area (Å²) in [5, 5.41) is 0. The molecule has 2 amide bonds. The Balaban J connectivity index is 1.73. The second-order valence-electron chi connectivity index (χ2n) is 6.81. The van der Waals surface area contributed by atoms with Crippen molar-refractivity contribution < 1.29 is 19.1 Å². The van der Waals surface area contributed by atoms with Crippen LogP contribution in [0.2, 0.25) is 0 Å². The van der Waals surface area contributed by atoms with Crippen LogP contribution in [-0.2, 0) is 16.0 Å². The van der Waals surface area contributed by atoms with Crippen LogP contribution in [-0.4, -0.2) is 24.5 Å². The molecule has 2 rings (SSSR count). The summed E-state index contributed by atoms with van der Waals surface area (Å²) in [6.45, 7) is 7.70. The van der Waals surface area contributed by atoms with Gasteiger partial charge in [0, 0.05) is 0 Å². The van der Waals surface area contributed by atoms with Gasteiger partial charge in [-0.1, -0.05) is 45.0 Å². The normalized spacial score (nSPS) is 11.6. The predicted octanol–water partition coefficient (Wildman–Crippen LogP) is 3.37. The minimum Gasteiger partial charge on any atom is -0.484 e. The molecule has 0 aromatic heterocycles. The Morgan fingerprint density at radius 3 is 2.07 bits per heavy atom. The lowest BCUT2D eigenvalue weighted by Gasteiger charge is -2.16. The van der Waals surface area contributed by atoms with Gasteiger partial charge in [0.15, 0.2) is 12.7 Å². The highest BCUT2D eigenvalue weighted by molar-refractivity contribution is 5.85. The Kier molecular flexibility index (Phi) is 7.87. The van der Waals surface area contributed by atoms with E-state index in [-0.39, 0.29) is 6.61 Å². The molecule has 0 heterocycles. The Labute approximate surface area is 166 Å². The lowest BCUT2D eigenvalue weighted by atomic mass is 10.0. The van der Waals surface area contributed by atoms with E-state index >= 15 is 0 Å². The third-order valence-corrected chi connectivity index (χ3v) is 4.26. The summed E-state index contributed by atoms with van der Waals surface area (Å²) in [4.78, 5) is 23.9. The first-order valence-electron chi connectivity index (χ1n) is 9.46. The average Bonchev–Trinajstić information content (AvgIpc) is 2.71. The van der Waals surface area contributed by atoms with Gasteiger partial charge in [-0.05, 0) is 54.7 Å². The number of hydrazine groups is 1. The molecular weight excluding hydrogens is 356 g/mol. The number of hydrogen-bond acceptors (Lipinski definition) is 4. The van der Waals surface area contributed by atoms with Crippen LogP contribution in [0, 0.1) is 0 Å². The van der Waals surface area contributed by atoms with Crippen molar-refractivity contribution in [1.82, 2.24) is 10.9 Å². The second kappa shape index (κ2) is 10.3. The first-order valence-corrected chi connectivity index (χ1v) is 9.46. The molecule has 6 heteroatoms. The zero-order valence-electron chi connectivity index (χ0n) is 16.8. The molecule has 0 saturated heterocycles. The quantitative estimate of drug-likeness (QED) is 0.684. The van der Waals surface area contributed by atoms with Crippen molar-refractivity contribution in [3.05, 3.63) is 59.7 Å². The minimum atomic E-state index is -0.757. The summed E-state index contributed by atoms with van der Waals surface area (Å²) >= 11 is 0. The van der Waals surface area contributed by atoms with Gasteiger partial charge in [0.2, 0.25) is 0 Å². The van der Waals surface area contributed by atoms with Crippen LogP contribution in [0.1, 0.15) is 44.7 Å². The first-order chi connectivity index (χ1) is 13.4. The predicted molar refractivity (Wildman–Crippen MR) is 108 cm³/mol. The van der Waals surface area contributed by atoms with Crippen molar-refractivity contribution in [2.75, 3.05) is 6.61 Å². The molecule has 150 valence electrons. The molecule has 0 spiro atoms. The van der Waals surface area contributed by atoms with E-state index in [9.17, 15) is 9.59 Å². The molecule has 0 saturated carbocycles. The molecule has 1 atom stereocenters. The maximum atomic E-state index is 12.1. The van der Waals surface area contributed by atoms with Crippen LogP contribution in [0.25, 0.3) is 0 Å². The van der Waals surface area contributed by atoms with E-state index in [0.29, 0.717) is 17.4 Å². The third kappa shape index (κ3) is 6.61. The molecule has 0 unspecified atom stereocenters. The maximum absolute atomic E-state index is 12.1. The van der Waals surface area contributed by atoms with Gasteiger partial charge in [0.05, 0.1) is 0 Å². The molecular formula is C22H28N2O4. The van der Waals surface area contributed by atoms with Gasteiger partial charge in [0.25, 0.3) is 11.8 Å². The highest BCUT2D eigenvalue weighted by atomic mass is 16.5. The van der Waals surface area contributed by atoms with E-state index in [2.05, 4.69) is 31.6 Å². The van der Waals surface area contributed by atoms with E-state index in [4.69, 9.17) is 9.47 Å². The Bertz CT molecular complexity index is 770. The van der Waals surface area contributed by atoms with Gasteiger partial charge in [-0.25, -0.2) is 0 Å². The fraction of sp³-hybridized carbons (Fsp3) is 0.364. The van der Waals surface area contributed by atoms with Crippen LogP contribution in [0.15, 0.2) is 48.5 Å². The van der Waals surface area contributed by atoms with Gasteiger partial charge in [-0.15, -0.1) is 0 Å². The Morgan fingerprint density at radius 2 is 1.50 bits per heavy atom. The monoisotopic (exact) mass is 384 g/mol. The Hall–Kier alpha value is -3.02. The SMILES string of the molecule is CCc1ccc(OCC(=O)NNC(=O)[C@@H](C)Oc2ccc(C(C)C)cc2)cc1. The zero-order chi connectivity index (χ0) is 20.5. The summed E-state index contributed by atoms with van der Waals surface area (Å²) in [6.07, 6.45) is 0.183. The smallest absolute Gasteiger partial charge is 0.279 e. The summed E-state index contributed by atoms with van der Waals surface area (Å²) in [7, 11) is 0. The van der Waals surface area contributed by atoms with E-state index in [1.807, 2.05) is 48.5 Å². The molecule has 0 aliphatic carbocycles. The number of carbonyl (C=O) groups is 2. The molecule has 2 aromatic carbocycles. The number of amides is 2. The molecule has 6 nitrogen and oxygen atoms in total. The molecule has 0 bridgehead atoms. The van der Waals surface area contributed by atoms with Gasteiger partial charge in [-0.3, -0.25) is 20.4 Å². The summed E-state index contributed by atoms with van der Waals surface area (Å²) in [5.41, 5.74) is 7.05. The van der Waals surface area contributed by atoms with Crippen molar-refractivity contribution >= 4 is 11.8 Å². The molecule has 2 aromatic rings. The van der Waals surface area contributed by atoms with Crippen LogP contribution in [0.5, 0.6) is 11.5 Å². The van der Waals surface area contributed by atoms with E-state index in [0.717, 1.165) is 6.42 Å². The zero-order valence-corrected chi connectivity index (χ0v) is 16.8. The van der Waals surface area contributed by atoms with Gasteiger partial charge in [0.1, 0.15) is 11.5 Å². The number of nitrogens with one attached hydrogen (secondary N) is 2. The second-order valence-corrected chi connectivity index (χ2v) is 6.81. The molecule has 2 N–H and O–H groups in total. The number of ether oxygens (including phenoxy) is 2. The summed E-state index contributed by atoms with van der Waals surface area (Å²) < 4.78 is 11.0. The fourth-order valence-electron chi connectivity index (χ4n) is 2.43. The lowest BCUT2D eigenvalue weighted by molar-refractivity contribution is -0.133. The highest BCUT2D eigenvalue weighted by Crippen LogP contribution is 2.19. The van der Waals surface area contributed by atoms with E-state index in [1.165, 1.54) is 11.1 Å². The van der Waals surface area contributed by atoms with Crippen LogP contribution >= 0.6 is 0 Å². The van der Waals surface area contributed by atoms with Gasteiger partial charge < -0.3 is 9.47 Å². The van der Waals surface area contributed by atoms with Crippen LogP contribution < -0.4 is 20.3 Å². The highest BCUT2D eigenvalue weighted by Gasteiger charge is 2.15. The standard InChI is InChI=1S/C22H28N2O4/c1-5-17-6-10-19(11-7-17)27-14-21(25)23-24-22(26)16(4)28-20-12-8-18(9-13-20)15(2)3/h6-13,15-16H,5,14H2,1-4H3,(H,23,25)(H,24,26)/t16-/m1/s1. The molecule has 0 aliphatic heterocycles. The molecule has 0 fully saturated rings. The number of rotatable bonds is 8. The average molecular weight is 384 g/mol. The summed E-state index contributed by atoms with van der Waals surface area (Å²) in [6, 6.07) is 15.1. The summed E-state index contributed by atoms with van der Waals surface area (Å²) in [5.74, 6) is 0.712. The van der Waals surface area contributed by atoms with Crippen molar-refractivity contribution in [3.63, 3.8) is 0 Å². The molecule has 28 heavy (non-hydrogen) atoms. The van der Waals surface area contributed by atoms with Gasteiger partial charge in [-0.2, -0.15) is 0 Å². The first kappa shape index (κ1) is 21.3. The van der Waals surface area contributed by atoms with Crippen molar-refractivity contribution in [3.8, 4) is 11.5 Å². The third-order valence-electron chi connectivity index (χ3n) is 4.26. The largest absolute Gasteiger partial charge is 0.484 e.